The topological polar surface area (TPSA) is 80.7 Å². The second-order valence-electron chi connectivity index (χ2n) is 4.63. The monoisotopic (exact) mass is 306 g/mol. The molecule has 2 aromatic rings. The number of hydrogen-bond donors (Lipinski definition) is 1. The number of carboxylic acids is 1. The average Bonchev–Trinajstić information content (AvgIpc) is 2.40. The summed E-state index contributed by atoms with van der Waals surface area (Å²) in [6.45, 7) is 1.76. The van der Waals surface area contributed by atoms with Crippen molar-refractivity contribution < 1.29 is 23.1 Å². The first-order chi connectivity index (χ1) is 9.79. The van der Waals surface area contributed by atoms with Gasteiger partial charge >= 0.3 is 5.97 Å². The number of sulfone groups is 1. The van der Waals surface area contributed by atoms with Crippen molar-refractivity contribution in [2.24, 2.45) is 0 Å². The third-order valence-electron chi connectivity index (χ3n) is 2.83. The molecule has 0 saturated heterocycles. The molecule has 2 rings (SSSR count). The Morgan fingerprint density at radius 1 is 1.10 bits per heavy atom. The Morgan fingerprint density at radius 2 is 1.76 bits per heavy atom. The Kier molecular flexibility index (Phi) is 3.99. The molecule has 0 aliphatic heterocycles. The molecule has 110 valence electrons. The molecule has 0 saturated carbocycles. The van der Waals surface area contributed by atoms with Gasteiger partial charge in [-0.25, -0.2) is 13.2 Å². The number of benzene rings is 2. The third kappa shape index (κ3) is 3.41. The van der Waals surface area contributed by atoms with Crippen molar-refractivity contribution in [2.45, 2.75) is 11.8 Å². The summed E-state index contributed by atoms with van der Waals surface area (Å²) in [5.74, 6) is -0.930. The predicted octanol–water partition coefficient (Wildman–Crippen LogP) is 2.89. The fourth-order valence-corrected chi connectivity index (χ4v) is 2.66. The number of para-hydroxylation sites is 1. The first-order valence-corrected chi connectivity index (χ1v) is 7.99. The van der Waals surface area contributed by atoms with Crippen LogP contribution in [-0.4, -0.2) is 25.7 Å². The van der Waals surface area contributed by atoms with E-state index in [-0.39, 0.29) is 22.0 Å². The molecule has 6 heteroatoms. The van der Waals surface area contributed by atoms with Crippen LogP contribution in [0.4, 0.5) is 0 Å². The fourth-order valence-electron chi connectivity index (χ4n) is 1.86. The van der Waals surface area contributed by atoms with Crippen molar-refractivity contribution in [3.8, 4) is 11.5 Å². The summed E-state index contributed by atoms with van der Waals surface area (Å²) < 4.78 is 29.0. The molecule has 0 amide bonds. The summed E-state index contributed by atoms with van der Waals surface area (Å²) in [6.07, 6.45) is 1.07. The zero-order valence-electron chi connectivity index (χ0n) is 11.5. The Morgan fingerprint density at radius 3 is 2.38 bits per heavy atom. The standard InChI is InChI=1S/C15H14O5S/c1-10-7-8-12(11(9-10)15(16)17)20-13-5-3-4-6-14(13)21(2,18)19/h3-9H,1-2H3,(H,16,17). The number of ether oxygens (including phenoxy) is 1. The molecule has 0 bridgehead atoms. The summed E-state index contributed by atoms with van der Waals surface area (Å²) in [5, 5.41) is 9.20. The Bertz CT molecular complexity index is 793. The third-order valence-corrected chi connectivity index (χ3v) is 3.97. The van der Waals surface area contributed by atoms with Gasteiger partial charge in [0.15, 0.2) is 9.84 Å². The first-order valence-electron chi connectivity index (χ1n) is 6.10. The van der Waals surface area contributed by atoms with Crippen LogP contribution in [-0.2, 0) is 9.84 Å². The summed E-state index contributed by atoms with van der Waals surface area (Å²) in [4.78, 5) is 11.3. The lowest BCUT2D eigenvalue weighted by atomic mass is 10.1. The van der Waals surface area contributed by atoms with Gasteiger partial charge in [0, 0.05) is 6.26 Å². The minimum absolute atomic E-state index is 0.0155. The molecule has 5 nitrogen and oxygen atoms in total. The minimum Gasteiger partial charge on any atom is -0.478 e. The Hall–Kier alpha value is -2.34. The molecule has 21 heavy (non-hydrogen) atoms. The van der Waals surface area contributed by atoms with Crippen LogP contribution in [0.25, 0.3) is 0 Å². The smallest absolute Gasteiger partial charge is 0.339 e. The molecule has 2 aromatic carbocycles. The van der Waals surface area contributed by atoms with E-state index in [4.69, 9.17) is 4.74 Å². The van der Waals surface area contributed by atoms with Crippen LogP contribution in [0, 0.1) is 6.92 Å². The van der Waals surface area contributed by atoms with Crippen LogP contribution in [0.2, 0.25) is 0 Å². The Labute approximate surface area is 122 Å². The highest BCUT2D eigenvalue weighted by molar-refractivity contribution is 7.90. The lowest BCUT2D eigenvalue weighted by molar-refractivity contribution is 0.0694. The van der Waals surface area contributed by atoms with Crippen molar-refractivity contribution in [1.82, 2.24) is 0 Å². The minimum atomic E-state index is -3.47. The van der Waals surface area contributed by atoms with Crippen LogP contribution in [0.3, 0.4) is 0 Å². The zero-order valence-corrected chi connectivity index (χ0v) is 12.3. The van der Waals surface area contributed by atoms with E-state index < -0.39 is 15.8 Å². The van der Waals surface area contributed by atoms with Gasteiger partial charge in [0.1, 0.15) is 22.0 Å². The fraction of sp³-hybridized carbons (Fsp3) is 0.133. The molecule has 1 N–H and O–H groups in total. The van der Waals surface area contributed by atoms with E-state index in [9.17, 15) is 18.3 Å². The molecular formula is C15H14O5S. The normalized spacial score (nSPS) is 11.1. The summed E-state index contributed by atoms with van der Waals surface area (Å²) in [6, 6.07) is 10.8. The van der Waals surface area contributed by atoms with Gasteiger partial charge in [-0.05, 0) is 31.2 Å². The molecule has 0 heterocycles. The number of aryl methyl sites for hydroxylation is 1. The highest BCUT2D eigenvalue weighted by Gasteiger charge is 2.17. The maximum Gasteiger partial charge on any atom is 0.339 e. The lowest BCUT2D eigenvalue weighted by Crippen LogP contribution is -2.03. The van der Waals surface area contributed by atoms with Gasteiger partial charge in [-0.3, -0.25) is 0 Å². The van der Waals surface area contributed by atoms with E-state index in [0.717, 1.165) is 11.8 Å². The van der Waals surface area contributed by atoms with E-state index in [0.29, 0.717) is 0 Å². The maximum atomic E-state index is 11.7. The summed E-state index contributed by atoms with van der Waals surface area (Å²) >= 11 is 0. The van der Waals surface area contributed by atoms with Crippen LogP contribution < -0.4 is 4.74 Å². The molecule has 0 spiro atoms. The second kappa shape index (κ2) is 5.57. The number of rotatable bonds is 4. The lowest BCUT2D eigenvalue weighted by Gasteiger charge is -2.12. The van der Waals surface area contributed by atoms with Gasteiger partial charge in [-0.2, -0.15) is 0 Å². The molecular weight excluding hydrogens is 292 g/mol. The van der Waals surface area contributed by atoms with Crippen LogP contribution in [0.5, 0.6) is 11.5 Å². The van der Waals surface area contributed by atoms with Crippen LogP contribution in [0.1, 0.15) is 15.9 Å². The van der Waals surface area contributed by atoms with Crippen LogP contribution in [0.15, 0.2) is 47.4 Å². The van der Waals surface area contributed by atoms with Gasteiger partial charge in [-0.15, -0.1) is 0 Å². The second-order valence-corrected chi connectivity index (χ2v) is 6.61. The van der Waals surface area contributed by atoms with Gasteiger partial charge < -0.3 is 9.84 Å². The first kappa shape index (κ1) is 15.1. The number of aromatic carboxylic acids is 1. The van der Waals surface area contributed by atoms with Gasteiger partial charge in [-0.1, -0.05) is 23.8 Å². The van der Waals surface area contributed by atoms with Gasteiger partial charge in [0.25, 0.3) is 0 Å². The van der Waals surface area contributed by atoms with Crippen molar-refractivity contribution in [1.29, 1.82) is 0 Å². The molecule has 0 atom stereocenters. The zero-order chi connectivity index (χ0) is 15.6. The van der Waals surface area contributed by atoms with Crippen molar-refractivity contribution in [3.05, 3.63) is 53.6 Å². The van der Waals surface area contributed by atoms with Gasteiger partial charge in [0.05, 0.1) is 0 Å². The quantitative estimate of drug-likeness (QED) is 0.939. The van der Waals surface area contributed by atoms with Crippen molar-refractivity contribution >= 4 is 15.8 Å². The maximum absolute atomic E-state index is 11.7. The summed E-state index contributed by atoms with van der Waals surface area (Å²) in [7, 11) is -3.47. The van der Waals surface area contributed by atoms with Crippen molar-refractivity contribution in [2.75, 3.05) is 6.26 Å². The Balaban J connectivity index is 2.52. The molecule has 0 aliphatic rings. The molecule has 0 aromatic heterocycles. The highest BCUT2D eigenvalue weighted by atomic mass is 32.2. The highest BCUT2D eigenvalue weighted by Crippen LogP contribution is 2.31. The van der Waals surface area contributed by atoms with E-state index in [1.807, 2.05) is 0 Å². The number of hydrogen-bond acceptors (Lipinski definition) is 4. The average molecular weight is 306 g/mol. The number of carbonyl (C=O) groups is 1. The van der Waals surface area contributed by atoms with E-state index in [1.54, 1.807) is 25.1 Å². The SMILES string of the molecule is Cc1ccc(Oc2ccccc2S(C)(=O)=O)c(C(=O)O)c1. The molecule has 0 aliphatic carbocycles. The number of carboxylic acid groups (broad SMARTS) is 1. The van der Waals surface area contributed by atoms with Gasteiger partial charge in [0.2, 0.25) is 0 Å². The van der Waals surface area contributed by atoms with E-state index in [1.165, 1.54) is 24.3 Å². The predicted molar refractivity (Wildman–Crippen MR) is 77.8 cm³/mol. The van der Waals surface area contributed by atoms with E-state index in [2.05, 4.69) is 0 Å². The molecule has 0 unspecified atom stereocenters. The van der Waals surface area contributed by atoms with Crippen LogP contribution >= 0.6 is 0 Å². The summed E-state index contributed by atoms with van der Waals surface area (Å²) in [5.41, 5.74) is 0.759. The molecule has 0 fully saturated rings. The molecule has 0 radical (unpaired) electrons. The van der Waals surface area contributed by atoms with E-state index >= 15 is 0 Å². The van der Waals surface area contributed by atoms with Crippen molar-refractivity contribution in [3.63, 3.8) is 0 Å². The largest absolute Gasteiger partial charge is 0.478 e.